The van der Waals surface area contributed by atoms with Crippen molar-refractivity contribution in [1.82, 2.24) is 9.80 Å². The molecule has 0 unspecified atom stereocenters. The average Bonchev–Trinajstić information content (AvgIpc) is 2.70. The van der Waals surface area contributed by atoms with Gasteiger partial charge in [0.1, 0.15) is 5.75 Å². The summed E-state index contributed by atoms with van der Waals surface area (Å²) in [4.78, 5) is 17.1. The molecule has 0 aromatic heterocycles. The van der Waals surface area contributed by atoms with E-state index in [1.54, 1.807) is 12.2 Å². The molecule has 1 N–H and O–H groups in total. The van der Waals surface area contributed by atoms with Gasteiger partial charge in [-0.2, -0.15) is 0 Å². The predicted molar refractivity (Wildman–Crippen MR) is 114 cm³/mol. The molecule has 1 heterocycles. The van der Waals surface area contributed by atoms with Crippen LogP contribution in [-0.2, 0) is 11.3 Å². The lowest BCUT2D eigenvalue weighted by atomic mass is 10.1. The highest BCUT2D eigenvalue weighted by Crippen LogP contribution is 2.15. The number of nitrogens with one attached hydrogen (secondary N) is 1. The molecule has 0 atom stereocenters. The number of nitrogens with zero attached hydrogens (tertiary/aromatic N) is 2. The number of benzene rings is 2. The fraction of sp³-hybridized carbons (Fsp3) is 0.348. The van der Waals surface area contributed by atoms with Crippen LogP contribution < -0.4 is 10.1 Å². The summed E-state index contributed by atoms with van der Waals surface area (Å²) in [6.07, 6.45) is 3.36. The van der Waals surface area contributed by atoms with Crippen LogP contribution >= 0.6 is 0 Å². The normalized spacial score (nSPS) is 15.6. The van der Waals surface area contributed by atoms with E-state index in [4.69, 9.17) is 4.74 Å². The van der Waals surface area contributed by atoms with Gasteiger partial charge < -0.3 is 15.0 Å². The summed E-state index contributed by atoms with van der Waals surface area (Å²) in [5.74, 6) is 0.701. The molecule has 0 saturated carbocycles. The summed E-state index contributed by atoms with van der Waals surface area (Å²) >= 11 is 0. The Morgan fingerprint density at radius 2 is 1.86 bits per heavy atom. The molecule has 5 nitrogen and oxygen atoms in total. The maximum atomic E-state index is 12.3. The van der Waals surface area contributed by atoms with Crippen LogP contribution in [0.4, 0.5) is 5.69 Å². The molecule has 5 heteroatoms. The second kappa shape index (κ2) is 10.1. The van der Waals surface area contributed by atoms with E-state index in [1.165, 1.54) is 5.56 Å². The second-order valence-corrected chi connectivity index (χ2v) is 7.10. The van der Waals surface area contributed by atoms with E-state index in [0.29, 0.717) is 6.61 Å². The van der Waals surface area contributed by atoms with Crippen LogP contribution in [0.2, 0.25) is 0 Å². The van der Waals surface area contributed by atoms with Gasteiger partial charge in [0.2, 0.25) is 5.91 Å². The molecule has 0 spiro atoms. The first-order valence-corrected chi connectivity index (χ1v) is 9.84. The van der Waals surface area contributed by atoms with E-state index in [2.05, 4.69) is 34.3 Å². The second-order valence-electron chi connectivity index (χ2n) is 7.10. The highest BCUT2D eigenvalue weighted by atomic mass is 16.5. The minimum Gasteiger partial charge on any atom is -0.494 e. The smallest absolute Gasteiger partial charge is 0.248 e. The number of anilines is 1. The van der Waals surface area contributed by atoms with Gasteiger partial charge in [-0.1, -0.05) is 24.3 Å². The number of likely N-dealkylation sites (N-methyl/N-ethyl adjacent to an activating group) is 1. The van der Waals surface area contributed by atoms with Crippen molar-refractivity contribution in [2.45, 2.75) is 13.5 Å². The van der Waals surface area contributed by atoms with Crippen LogP contribution in [-0.4, -0.2) is 55.5 Å². The van der Waals surface area contributed by atoms with E-state index in [-0.39, 0.29) is 5.91 Å². The molecular weight excluding hydrogens is 350 g/mol. The summed E-state index contributed by atoms with van der Waals surface area (Å²) in [5, 5.41) is 2.95. The number of amides is 1. The summed E-state index contributed by atoms with van der Waals surface area (Å²) in [5.41, 5.74) is 3.01. The molecule has 0 radical (unpaired) electrons. The molecule has 1 saturated heterocycles. The van der Waals surface area contributed by atoms with Gasteiger partial charge in [-0.25, -0.2) is 0 Å². The lowest BCUT2D eigenvalue weighted by Gasteiger charge is -2.32. The molecular formula is C23H29N3O2. The lowest BCUT2D eigenvalue weighted by molar-refractivity contribution is -0.111. The Labute approximate surface area is 167 Å². The standard InChI is InChI=1S/C23H29N3O2/c1-3-28-22-10-7-19(8-11-22)9-12-23(27)24-21-6-4-5-20(17-21)18-26-15-13-25(2)14-16-26/h4-12,17H,3,13-16,18H2,1-2H3,(H,24,27). The monoisotopic (exact) mass is 379 g/mol. The number of hydrogen-bond acceptors (Lipinski definition) is 4. The van der Waals surface area contributed by atoms with Crippen LogP contribution in [0.3, 0.4) is 0 Å². The zero-order valence-corrected chi connectivity index (χ0v) is 16.7. The van der Waals surface area contributed by atoms with E-state index in [9.17, 15) is 4.79 Å². The molecule has 2 aromatic carbocycles. The fourth-order valence-corrected chi connectivity index (χ4v) is 3.21. The van der Waals surface area contributed by atoms with Gasteiger partial charge in [0.25, 0.3) is 0 Å². The van der Waals surface area contributed by atoms with Crippen molar-refractivity contribution in [1.29, 1.82) is 0 Å². The van der Waals surface area contributed by atoms with Crippen LogP contribution in [0.1, 0.15) is 18.1 Å². The Kier molecular flexibility index (Phi) is 7.23. The Balaban J connectivity index is 1.53. The molecule has 0 bridgehead atoms. The zero-order chi connectivity index (χ0) is 19.8. The number of ether oxygens (including phenoxy) is 1. The number of piperazine rings is 1. The van der Waals surface area contributed by atoms with Gasteiger partial charge in [0, 0.05) is 44.5 Å². The maximum absolute atomic E-state index is 12.3. The molecule has 28 heavy (non-hydrogen) atoms. The van der Waals surface area contributed by atoms with Crippen molar-refractivity contribution in [3.05, 3.63) is 65.7 Å². The van der Waals surface area contributed by atoms with Crippen LogP contribution in [0.5, 0.6) is 5.75 Å². The number of hydrogen-bond donors (Lipinski definition) is 1. The highest BCUT2D eigenvalue weighted by Gasteiger charge is 2.13. The first-order valence-electron chi connectivity index (χ1n) is 9.84. The minimum absolute atomic E-state index is 0.134. The van der Waals surface area contributed by atoms with Gasteiger partial charge in [-0.3, -0.25) is 9.69 Å². The van der Waals surface area contributed by atoms with E-state index < -0.39 is 0 Å². The van der Waals surface area contributed by atoms with E-state index in [0.717, 1.165) is 49.7 Å². The molecule has 1 aliphatic rings. The quantitative estimate of drug-likeness (QED) is 0.748. The molecule has 0 aliphatic carbocycles. The van der Waals surface area contributed by atoms with Crippen molar-refractivity contribution < 1.29 is 9.53 Å². The first-order chi connectivity index (χ1) is 13.6. The number of carbonyl (C=O) groups is 1. The zero-order valence-electron chi connectivity index (χ0n) is 16.7. The van der Waals surface area contributed by atoms with Gasteiger partial charge in [-0.05, 0) is 55.4 Å². The Hall–Kier alpha value is -2.63. The van der Waals surface area contributed by atoms with Crippen LogP contribution in [0.25, 0.3) is 6.08 Å². The third-order valence-corrected chi connectivity index (χ3v) is 4.81. The summed E-state index contributed by atoms with van der Waals surface area (Å²) in [6, 6.07) is 15.8. The topological polar surface area (TPSA) is 44.8 Å². The summed E-state index contributed by atoms with van der Waals surface area (Å²) in [6.45, 7) is 7.89. The third-order valence-electron chi connectivity index (χ3n) is 4.81. The molecule has 1 amide bonds. The van der Waals surface area contributed by atoms with E-state index >= 15 is 0 Å². The highest BCUT2D eigenvalue weighted by molar-refractivity contribution is 6.01. The Morgan fingerprint density at radius 3 is 2.57 bits per heavy atom. The van der Waals surface area contributed by atoms with Gasteiger partial charge >= 0.3 is 0 Å². The van der Waals surface area contributed by atoms with Crippen molar-refractivity contribution in [2.75, 3.05) is 45.2 Å². The predicted octanol–water partition coefficient (Wildman–Crippen LogP) is 3.48. The van der Waals surface area contributed by atoms with Crippen molar-refractivity contribution in [2.24, 2.45) is 0 Å². The Morgan fingerprint density at radius 1 is 1.11 bits per heavy atom. The lowest BCUT2D eigenvalue weighted by Crippen LogP contribution is -2.43. The van der Waals surface area contributed by atoms with Crippen LogP contribution in [0, 0.1) is 0 Å². The van der Waals surface area contributed by atoms with Crippen molar-refractivity contribution >= 4 is 17.7 Å². The molecule has 2 aromatic rings. The van der Waals surface area contributed by atoms with Gasteiger partial charge in [0.05, 0.1) is 6.61 Å². The molecule has 1 aliphatic heterocycles. The van der Waals surface area contributed by atoms with Gasteiger partial charge in [-0.15, -0.1) is 0 Å². The summed E-state index contributed by atoms with van der Waals surface area (Å²) in [7, 11) is 2.16. The maximum Gasteiger partial charge on any atom is 0.248 e. The number of carbonyl (C=O) groups excluding carboxylic acids is 1. The SMILES string of the molecule is CCOc1ccc(C=CC(=O)Nc2cccc(CN3CCN(C)CC3)c2)cc1. The molecule has 3 rings (SSSR count). The largest absolute Gasteiger partial charge is 0.494 e. The first kappa shape index (κ1) is 20.1. The van der Waals surface area contributed by atoms with Crippen molar-refractivity contribution in [3.8, 4) is 5.75 Å². The Bertz CT molecular complexity index is 794. The van der Waals surface area contributed by atoms with Crippen molar-refractivity contribution in [3.63, 3.8) is 0 Å². The number of rotatable bonds is 7. The molecule has 1 fully saturated rings. The minimum atomic E-state index is -0.134. The van der Waals surface area contributed by atoms with Crippen LogP contribution in [0.15, 0.2) is 54.6 Å². The van der Waals surface area contributed by atoms with E-state index in [1.807, 2.05) is 43.3 Å². The average molecular weight is 380 g/mol. The van der Waals surface area contributed by atoms with Gasteiger partial charge in [0.15, 0.2) is 0 Å². The fourth-order valence-electron chi connectivity index (χ4n) is 3.21. The third kappa shape index (κ3) is 6.22. The summed E-state index contributed by atoms with van der Waals surface area (Å²) < 4.78 is 5.43. The molecule has 148 valence electrons.